The molecule has 1 unspecified atom stereocenters. The van der Waals surface area contributed by atoms with E-state index < -0.39 is 0 Å². The van der Waals surface area contributed by atoms with E-state index >= 15 is 0 Å². The molecule has 26 heavy (non-hydrogen) atoms. The van der Waals surface area contributed by atoms with Crippen molar-refractivity contribution < 1.29 is 0 Å². The van der Waals surface area contributed by atoms with Crippen LogP contribution in [0.5, 0.6) is 0 Å². The molecule has 3 aromatic rings. The predicted molar refractivity (Wildman–Crippen MR) is 112 cm³/mol. The Morgan fingerprint density at radius 2 is 1.65 bits per heavy atom. The summed E-state index contributed by atoms with van der Waals surface area (Å²) in [5.74, 6) is 0.701. The zero-order chi connectivity index (χ0) is 18.5. The van der Waals surface area contributed by atoms with Crippen LogP contribution in [0, 0.1) is 26.2 Å². The van der Waals surface area contributed by atoms with Crippen LogP contribution in [-0.2, 0) is 0 Å². The van der Waals surface area contributed by atoms with E-state index in [0.717, 1.165) is 11.4 Å². The Balaban J connectivity index is 1.83. The van der Waals surface area contributed by atoms with Gasteiger partial charge in [-0.15, -0.1) is 0 Å². The first kappa shape index (κ1) is 17.3. The minimum Gasteiger partial charge on any atom is -0.252 e. The van der Waals surface area contributed by atoms with E-state index in [9.17, 15) is 0 Å². The molecule has 0 amide bonds. The highest BCUT2D eigenvalue weighted by atomic mass is 14.7. The van der Waals surface area contributed by atoms with Gasteiger partial charge in [0.15, 0.2) is 0 Å². The molecule has 1 nitrogen and oxygen atoms in total. The van der Waals surface area contributed by atoms with Gasteiger partial charge in [0.25, 0.3) is 0 Å². The molecule has 0 aliphatic heterocycles. The fourth-order valence-electron chi connectivity index (χ4n) is 4.72. The molecule has 0 N–H and O–H groups in total. The molecule has 0 saturated heterocycles. The van der Waals surface area contributed by atoms with Gasteiger partial charge in [0.1, 0.15) is 0 Å². The van der Waals surface area contributed by atoms with E-state index in [1.165, 1.54) is 52.3 Å². The molecule has 0 radical (unpaired) electrons. The molecule has 0 bridgehead atoms. The summed E-state index contributed by atoms with van der Waals surface area (Å²) in [5.41, 5.74) is 8.01. The summed E-state index contributed by atoms with van der Waals surface area (Å²) in [6.07, 6.45) is 3.94. The van der Waals surface area contributed by atoms with Gasteiger partial charge in [0.05, 0.1) is 5.69 Å². The van der Waals surface area contributed by atoms with Crippen molar-refractivity contribution in [1.82, 2.24) is 4.98 Å². The number of nitrogens with zero attached hydrogens (tertiary/aromatic N) is 1. The van der Waals surface area contributed by atoms with E-state index in [-0.39, 0.29) is 0 Å². The van der Waals surface area contributed by atoms with E-state index in [1.54, 1.807) is 0 Å². The number of pyridine rings is 1. The largest absolute Gasteiger partial charge is 0.252 e. The van der Waals surface area contributed by atoms with Crippen LogP contribution in [-0.4, -0.2) is 4.98 Å². The molecule has 1 aliphatic carbocycles. The van der Waals surface area contributed by atoms with Gasteiger partial charge in [-0.3, -0.25) is 4.98 Å². The Kier molecular flexibility index (Phi) is 4.14. The third-order valence-corrected chi connectivity index (χ3v) is 5.92. The number of aryl methyl sites for hydroxylation is 3. The highest BCUT2D eigenvalue weighted by Crippen LogP contribution is 2.46. The van der Waals surface area contributed by atoms with Gasteiger partial charge < -0.3 is 0 Å². The van der Waals surface area contributed by atoms with Crippen LogP contribution in [0.3, 0.4) is 0 Å². The molecule has 1 heterocycles. The Hall–Kier alpha value is -2.15. The second-order valence-corrected chi connectivity index (χ2v) is 9.07. The van der Waals surface area contributed by atoms with Crippen molar-refractivity contribution in [2.24, 2.45) is 5.41 Å². The van der Waals surface area contributed by atoms with Crippen molar-refractivity contribution in [2.45, 2.75) is 59.8 Å². The molecular formula is C25H29N. The molecule has 1 heteroatoms. The van der Waals surface area contributed by atoms with Crippen molar-refractivity contribution in [3.05, 3.63) is 64.8 Å². The quantitative estimate of drug-likeness (QED) is 0.482. The van der Waals surface area contributed by atoms with Crippen LogP contribution in [0.15, 0.2) is 42.5 Å². The number of benzene rings is 2. The van der Waals surface area contributed by atoms with Crippen molar-refractivity contribution in [1.29, 1.82) is 0 Å². The van der Waals surface area contributed by atoms with Crippen LogP contribution in [0.1, 0.15) is 61.4 Å². The van der Waals surface area contributed by atoms with Crippen molar-refractivity contribution in [3.63, 3.8) is 0 Å². The first-order chi connectivity index (χ1) is 12.3. The molecule has 2 aromatic carbocycles. The predicted octanol–water partition coefficient (Wildman–Crippen LogP) is 7.12. The zero-order valence-electron chi connectivity index (χ0n) is 16.7. The Labute approximate surface area is 157 Å². The molecule has 1 aliphatic rings. The van der Waals surface area contributed by atoms with Gasteiger partial charge in [-0.25, -0.2) is 0 Å². The van der Waals surface area contributed by atoms with E-state index in [0.29, 0.717) is 11.3 Å². The fourth-order valence-corrected chi connectivity index (χ4v) is 4.72. The van der Waals surface area contributed by atoms with Gasteiger partial charge in [0, 0.05) is 16.6 Å². The van der Waals surface area contributed by atoms with E-state index in [2.05, 4.69) is 77.1 Å². The maximum Gasteiger partial charge on any atom is 0.0783 e. The molecule has 1 fully saturated rings. The Morgan fingerprint density at radius 3 is 2.31 bits per heavy atom. The zero-order valence-corrected chi connectivity index (χ0v) is 16.7. The van der Waals surface area contributed by atoms with E-state index in [1.807, 2.05) is 0 Å². The van der Waals surface area contributed by atoms with E-state index in [4.69, 9.17) is 4.98 Å². The molecule has 4 rings (SSSR count). The normalized spacial score (nSPS) is 19.2. The number of hydrogen-bond acceptors (Lipinski definition) is 1. The van der Waals surface area contributed by atoms with Crippen molar-refractivity contribution in [2.75, 3.05) is 0 Å². The summed E-state index contributed by atoms with van der Waals surface area (Å²) in [7, 11) is 0. The smallest absolute Gasteiger partial charge is 0.0783 e. The lowest BCUT2D eigenvalue weighted by Crippen LogP contribution is -2.04. The molecule has 1 saturated carbocycles. The van der Waals surface area contributed by atoms with Crippen LogP contribution in [0.25, 0.3) is 22.0 Å². The van der Waals surface area contributed by atoms with Gasteiger partial charge in [-0.05, 0) is 80.5 Å². The summed E-state index contributed by atoms with van der Waals surface area (Å²) in [4.78, 5) is 4.90. The highest BCUT2D eigenvalue weighted by Gasteiger charge is 2.31. The first-order valence-electron chi connectivity index (χ1n) is 9.81. The Morgan fingerprint density at radius 1 is 0.923 bits per heavy atom. The highest BCUT2D eigenvalue weighted by molar-refractivity contribution is 5.95. The second-order valence-electron chi connectivity index (χ2n) is 9.07. The van der Waals surface area contributed by atoms with Crippen molar-refractivity contribution >= 4 is 10.8 Å². The molecule has 1 atom stereocenters. The average molecular weight is 344 g/mol. The minimum atomic E-state index is 0.484. The van der Waals surface area contributed by atoms with Crippen LogP contribution < -0.4 is 0 Å². The number of hydrogen-bond donors (Lipinski definition) is 0. The first-order valence-corrected chi connectivity index (χ1v) is 9.81. The minimum absolute atomic E-state index is 0.484. The maximum absolute atomic E-state index is 4.90. The summed E-state index contributed by atoms with van der Waals surface area (Å²) in [6, 6.07) is 16.0. The average Bonchev–Trinajstić information content (AvgIpc) is 2.92. The monoisotopic (exact) mass is 343 g/mol. The lowest BCUT2D eigenvalue weighted by atomic mass is 9.88. The third kappa shape index (κ3) is 3.28. The lowest BCUT2D eigenvalue weighted by molar-refractivity contribution is 0.376. The molecule has 134 valence electrons. The molecule has 0 spiro atoms. The topological polar surface area (TPSA) is 12.9 Å². The lowest BCUT2D eigenvalue weighted by Gasteiger charge is -2.18. The van der Waals surface area contributed by atoms with Gasteiger partial charge >= 0.3 is 0 Å². The number of fused-ring (bicyclic) bond motifs is 1. The van der Waals surface area contributed by atoms with Crippen LogP contribution in [0.4, 0.5) is 0 Å². The fraction of sp³-hybridized carbons (Fsp3) is 0.400. The number of aromatic nitrogens is 1. The van der Waals surface area contributed by atoms with Crippen molar-refractivity contribution in [3.8, 4) is 11.3 Å². The molecular weight excluding hydrogens is 314 g/mol. The standard InChI is InChI=1S/C25H29N/c1-16-10-17(2)12-22(11-16)24-23-7-6-19(14-21(23)13-18(3)26-24)20-8-9-25(4,5)15-20/h6-7,10-14,20H,8-9,15H2,1-5H3. The summed E-state index contributed by atoms with van der Waals surface area (Å²) >= 11 is 0. The maximum atomic E-state index is 4.90. The summed E-state index contributed by atoms with van der Waals surface area (Å²) in [5, 5.41) is 2.59. The summed E-state index contributed by atoms with van der Waals surface area (Å²) in [6.45, 7) is 11.2. The van der Waals surface area contributed by atoms with Crippen LogP contribution >= 0.6 is 0 Å². The summed E-state index contributed by atoms with van der Waals surface area (Å²) < 4.78 is 0. The second kappa shape index (κ2) is 6.23. The Bertz CT molecular complexity index is 961. The van der Waals surface area contributed by atoms with Gasteiger partial charge in [-0.2, -0.15) is 0 Å². The van der Waals surface area contributed by atoms with Gasteiger partial charge in [-0.1, -0.05) is 49.2 Å². The van der Waals surface area contributed by atoms with Gasteiger partial charge in [0.2, 0.25) is 0 Å². The number of rotatable bonds is 2. The third-order valence-electron chi connectivity index (χ3n) is 5.92. The van der Waals surface area contributed by atoms with Crippen LogP contribution in [0.2, 0.25) is 0 Å². The molecule has 1 aromatic heterocycles. The SMILES string of the molecule is Cc1cc(C)cc(-c2nc(C)cc3cc(C4CCC(C)(C)C4)ccc23)c1.